The lowest BCUT2D eigenvalue weighted by Crippen LogP contribution is -2.43. The Hall–Kier alpha value is -1.74. The Morgan fingerprint density at radius 2 is 2.25 bits per heavy atom. The number of allylic oxidation sites excluding steroid dienone is 1. The predicted octanol–water partition coefficient (Wildman–Crippen LogP) is -0.00378. The summed E-state index contributed by atoms with van der Waals surface area (Å²) in [6, 6.07) is 0. The van der Waals surface area contributed by atoms with Gasteiger partial charge in [0.05, 0.1) is 12.9 Å². The number of aliphatic imine (C=N–C) groups is 1. The summed E-state index contributed by atoms with van der Waals surface area (Å²) in [5.74, 6) is 0.258. The standard InChI is InChI=1S/C16H26N4O4/c1-4-5-6-7-18-15(17)12-10(2)20(9-19-12)16(3)14(23)13(22)11(8-21)24-16/h6-7,9,11,13-14,21-23H,4-5,8H2,1-3H3,(H2,17,18)/b7-6+/t11-,13?,14?,16-/m1/s1. The predicted molar refractivity (Wildman–Crippen MR) is 89.4 cm³/mol. The molecule has 1 aromatic heterocycles. The van der Waals surface area contributed by atoms with E-state index in [9.17, 15) is 15.3 Å². The van der Waals surface area contributed by atoms with Crippen LogP contribution in [0.3, 0.4) is 0 Å². The van der Waals surface area contributed by atoms with Crippen LogP contribution in [-0.2, 0) is 10.5 Å². The largest absolute Gasteiger partial charge is 0.394 e. The zero-order valence-corrected chi connectivity index (χ0v) is 14.3. The molecule has 1 fully saturated rings. The molecular formula is C16H26N4O4. The van der Waals surface area contributed by atoms with Crippen LogP contribution >= 0.6 is 0 Å². The molecule has 1 aromatic rings. The fourth-order valence-electron chi connectivity index (χ4n) is 2.85. The first-order chi connectivity index (χ1) is 11.4. The summed E-state index contributed by atoms with van der Waals surface area (Å²) in [4.78, 5) is 8.42. The van der Waals surface area contributed by atoms with Crippen molar-refractivity contribution in [3.63, 3.8) is 0 Å². The number of rotatable bonds is 6. The fraction of sp³-hybridized carbons (Fsp3) is 0.625. The maximum atomic E-state index is 10.3. The van der Waals surface area contributed by atoms with Crippen molar-refractivity contribution in [1.82, 2.24) is 9.55 Å². The minimum atomic E-state index is -1.25. The van der Waals surface area contributed by atoms with Crippen LogP contribution in [0.25, 0.3) is 0 Å². The van der Waals surface area contributed by atoms with E-state index in [4.69, 9.17) is 10.5 Å². The second-order valence-electron chi connectivity index (χ2n) is 6.07. The van der Waals surface area contributed by atoms with E-state index in [1.165, 1.54) is 6.33 Å². The van der Waals surface area contributed by atoms with Crippen molar-refractivity contribution in [3.05, 3.63) is 30.0 Å². The van der Waals surface area contributed by atoms with E-state index in [0.29, 0.717) is 11.4 Å². The van der Waals surface area contributed by atoms with Gasteiger partial charge in [-0.05, 0) is 20.3 Å². The molecule has 4 atom stereocenters. The lowest BCUT2D eigenvalue weighted by molar-refractivity contribution is -0.135. The van der Waals surface area contributed by atoms with Crippen molar-refractivity contribution in [2.24, 2.45) is 10.7 Å². The summed E-state index contributed by atoms with van der Waals surface area (Å²) in [6.07, 6.45) is 3.74. The van der Waals surface area contributed by atoms with Crippen LogP contribution in [0.4, 0.5) is 0 Å². The Balaban J connectivity index is 2.30. The molecule has 0 amide bonds. The summed E-state index contributed by atoms with van der Waals surface area (Å²) in [5.41, 5.74) is 5.86. The highest BCUT2D eigenvalue weighted by Crippen LogP contribution is 2.36. The number of aromatic nitrogens is 2. The average Bonchev–Trinajstić information content (AvgIpc) is 3.06. The minimum absolute atomic E-state index is 0.258. The molecule has 2 heterocycles. The van der Waals surface area contributed by atoms with Gasteiger partial charge in [-0.3, -0.25) is 0 Å². The number of amidine groups is 1. The van der Waals surface area contributed by atoms with Gasteiger partial charge in [0.15, 0.2) is 11.6 Å². The molecule has 1 aliphatic rings. The van der Waals surface area contributed by atoms with E-state index in [1.54, 1.807) is 24.6 Å². The van der Waals surface area contributed by atoms with Gasteiger partial charge in [0.2, 0.25) is 0 Å². The van der Waals surface area contributed by atoms with E-state index < -0.39 is 24.0 Å². The number of hydrogen-bond donors (Lipinski definition) is 4. The molecule has 8 nitrogen and oxygen atoms in total. The Bertz CT molecular complexity index is 628. The molecule has 0 saturated carbocycles. The molecule has 2 rings (SSSR count). The third-order valence-corrected chi connectivity index (χ3v) is 4.32. The number of hydrogen-bond acceptors (Lipinski definition) is 6. The maximum Gasteiger partial charge on any atom is 0.172 e. The second-order valence-corrected chi connectivity index (χ2v) is 6.07. The Labute approximate surface area is 141 Å². The summed E-state index contributed by atoms with van der Waals surface area (Å²) in [6.45, 7) is 5.09. The molecule has 0 aromatic carbocycles. The van der Waals surface area contributed by atoms with Crippen LogP contribution in [0.2, 0.25) is 0 Å². The summed E-state index contributed by atoms with van der Waals surface area (Å²) >= 11 is 0. The van der Waals surface area contributed by atoms with Crippen molar-refractivity contribution in [2.75, 3.05) is 6.61 Å². The van der Waals surface area contributed by atoms with Gasteiger partial charge in [-0.15, -0.1) is 0 Å². The number of aliphatic hydroxyl groups is 3. The molecule has 8 heteroatoms. The molecule has 0 spiro atoms. The first kappa shape index (κ1) is 18.6. The number of nitrogens with zero attached hydrogens (tertiary/aromatic N) is 3. The lowest BCUT2D eigenvalue weighted by Gasteiger charge is -2.30. The molecule has 24 heavy (non-hydrogen) atoms. The van der Waals surface area contributed by atoms with E-state index in [1.807, 2.05) is 6.08 Å². The molecule has 134 valence electrons. The van der Waals surface area contributed by atoms with Crippen LogP contribution in [0.15, 0.2) is 23.6 Å². The molecule has 5 N–H and O–H groups in total. The lowest BCUT2D eigenvalue weighted by atomic mass is 10.0. The molecule has 2 unspecified atom stereocenters. The first-order valence-electron chi connectivity index (χ1n) is 8.04. The number of imidazole rings is 1. The molecular weight excluding hydrogens is 312 g/mol. The molecule has 1 aliphatic heterocycles. The van der Waals surface area contributed by atoms with Crippen molar-refractivity contribution in [3.8, 4) is 0 Å². The van der Waals surface area contributed by atoms with Crippen molar-refractivity contribution in [2.45, 2.75) is 57.6 Å². The molecule has 1 saturated heterocycles. The van der Waals surface area contributed by atoms with Crippen molar-refractivity contribution in [1.29, 1.82) is 0 Å². The Kier molecular flexibility index (Phi) is 5.76. The van der Waals surface area contributed by atoms with Crippen LogP contribution in [0.1, 0.15) is 38.1 Å². The SMILES string of the molecule is CCC/C=C/N=C(/N)c1ncn([C@]2(C)O[C@H](CO)C(O)C2O)c1C. The van der Waals surface area contributed by atoms with Gasteiger partial charge in [0.25, 0.3) is 0 Å². The van der Waals surface area contributed by atoms with Gasteiger partial charge in [-0.25, -0.2) is 9.98 Å². The first-order valence-corrected chi connectivity index (χ1v) is 8.04. The van der Waals surface area contributed by atoms with E-state index in [0.717, 1.165) is 12.8 Å². The van der Waals surface area contributed by atoms with Gasteiger partial charge in [0.1, 0.15) is 24.0 Å². The van der Waals surface area contributed by atoms with Gasteiger partial charge in [0, 0.05) is 11.9 Å². The van der Waals surface area contributed by atoms with Gasteiger partial charge in [-0.1, -0.05) is 19.4 Å². The highest BCUT2D eigenvalue weighted by Gasteiger charge is 2.52. The van der Waals surface area contributed by atoms with Crippen LogP contribution in [0, 0.1) is 6.92 Å². The van der Waals surface area contributed by atoms with Gasteiger partial charge >= 0.3 is 0 Å². The number of nitrogens with two attached hydrogens (primary N) is 1. The van der Waals surface area contributed by atoms with E-state index in [2.05, 4.69) is 16.9 Å². The maximum absolute atomic E-state index is 10.3. The highest BCUT2D eigenvalue weighted by atomic mass is 16.6. The molecule has 0 aliphatic carbocycles. The summed E-state index contributed by atoms with van der Waals surface area (Å²) < 4.78 is 7.28. The van der Waals surface area contributed by atoms with Crippen molar-refractivity contribution < 1.29 is 20.1 Å². The quantitative estimate of drug-likeness (QED) is 0.427. The molecule has 0 bridgehead atoms. The summed E-state index contributed by atoms with van der Waals surface area (Å²) in [5, 5.41) is 29.6. The van der Waals surface area contributed by atoms with Gasteiger partial charge in [-0.2, -0.15) is 0 Å². The summed E-state index contributed by atoms with van der Waals surface area (Å²) in [7, 11) is 0. The van der Waals surface area contributed by atoms with Gasteiger partial charge < -0.3 is 30.4 Å². The smallest absolute Gasteiger partial charge is 0.172 e. The number of aliphatic hydroxyl groups excluding tert-OH is 3. The Morgan fingerprint density at radius 3 is 2.83 bits per heavy atom. The fourth-order valence-corrected chi connectivity index (χ4v) is 2.85. The zero-order valence-electron chi connectivity index (χ0n) is 14.3. The minimum Gasteiger partial charge on any atom is -0.394 e. The van der Waals surface area contributed by atoms with Crippen LogP contribution < -0.4 is 5.73 Å². The monoisotopic (exact) mass is 338 g/mol. The van der Waals surface area contributed by atoms with Crippen LogP contribution in [-0.4, -0.2) is 55.6 Å². The van der Waals surface area contributed by atoms with E-state index in [-0.39, 0.29) is 12.4 Å². The third-order valence-electron chi connectivity index (χ3n) is 4.32. The third kappa shape index (κ3) is 3.23. The Morgan fingerprint density at radius 1 is 1.54 bits per heavy atom. The van der Waals surface area contributed by atoms with Crippen LogP contribution in [0.5, 0.6) is 0 Å². The van der Waals surface area contributed by atoms with Crippen molar-refractivity contribution >= 4 is 5.84 Å². The zero-order chi connectivity index (χ0) is 17.9. The second kappa shape index (κ2) is 7.43. The topological polar surface area (TPSA) is 126 Å². The average molecular weight is 338 g/mol. The molecule has 0 radical (unpaired) electrons. The number of ether oxygens (including phenoxy) is 1. The highest BCUT2D eigenvalue weighted by molar-refractivity contribution is 5.97. The normalized spacial score (nSPS) is 31.2. The number of unbranched alkanes of at least 4 members (excludes halogenated alkanes) is 1. The van der Waals surface area contributed by atoms with E-state index >= 15 is 0 Å².